The molecular weight excluding hydrogens is 362 g/mol. The number of carbonyl (C=O) groups is 3. The van der Waals surface area contributed by atoms with Crippen LogP contribution >= 0.6 is 0 Å². The lowest BCUT2D eigenvalue weighted by molar-refractivity contribution is -0.138. The first kappa shape index (κ1) is 18.5. The van der Waals surface area contributed by atoms with Gasteiger partial charge in [-0.3, -0.25) is 14.5 Å². The lowest BCUT2D eigenvalue weighted by Crippen LogP contribution is -2.62. The fraction of sp³-hybridized carbons (Fsp3) is 0.611. The molecule has 0 aromatic carbocycles. The highest BCUT2D eigenvalue weighted by molar-refractivity contribution is 6.02. The zero-order chi connectivity index (χ0) is 20.0. The Bertz CT molecular complexity index is 821. The van der Waals surface area contributed by atoms with Crippen LogP contribution < -0.4 is 0 Å². The number of rotatable bonds is 4. The first-order valence-corrected chi connectivity index (χ1v) is 9.62. The molecule has 3 atom stereocenters. The van der Waals surface area contributed by atoms with E-state index in [2.05, 4.69) is 10.3 Å². The zero-order valence-electron chi connectivity index (χ0n) is 16.4. The van der Waals surface area contributed by atoms with Crippen molar-refractivity contribution in [2.24, 2.45) is 5.92 Å². The number of nitrogens with zero attached hydrogens (tertiary/aromatic N) is 7. The molecule has 3 aliphatic heterocycles. The maximum absolute atomic E-state index is 13.3. The molecule has 1 aromatic rings. The number of hydrogen-bond acceptors (Lipinski definition) is 6. The highest BCUT2D eigenvalue weighted by atomic mass is 16.2. The van der Waals surface area contributed by atoms with Crippen molar-refractivity contribution in [3.8, 4) is 0 Å². The number of hydrogen-bond donors (Lipinski definition) is 0. The van der Waals surface area contributed by atoms with Crippen LogP contribution in [0.5, 0.6) is 0 Å². The lowest BCUT2D eigenvalue weighted by atomic mass is 10.0. The highest BCUT2D eigenvalue weighted by Crippen LogP contribution is 2.36. The summed E-state index contributed by atoms with van der Waals surface area (Å²) in [6, 6.07) is -0.241. The molecule has 28 heavy (non-hydrogen) atoms. The van der Waals surface area contributed by atoms with Gasteiger partial charge in [-0.2, -0.15) is 0 Å². The number of carbonyl (C=O) groups excluding carboxylic acids is 3. The molecule has 3 aliphatic rings. The summed E-state index contributed by atoms with van der Waals surface area (Å²) in [4.78, 5) is 44.8. The minimum absolute atomic E-state index is 0.0956. The van der Waals surface area contributed by atoms with Gasteiger partial charge in [-0.15, -0.1) is 5.10 Å². The van der Waals surface area contributed by atoms with E-state index in [9.17, 15) is 14.4 Å². The Labute approximate surface area is 163 Å². The summed E-state index contributed by atoms with van der Waals surface area (Å²) < 4.78 is 1.78. The van der Waals surface area contributed by atoms with Crippen LogP contribution in [-0.4, -0.2) is 92.3 Å². The number of aromatic nitrogens is 3. The molecule has 1 aromatic heterocycles. The predicted molar refractivity (Wildman–Crippen MR) is 98.5 cm³/mol. The van der Waals surface area contributed by atoms with Crippen molar-refractivity contribution in [1.29, 1.82) is 0 Å². The summed E-state index contributed by atoms with van der Waals surface area (Å²) in [5.74, 6) is -0.882. The molecule has 10 heteroatoms. The van der Waals surface area contributed by atoms with E-state index < -0.39 is 12.1 Å². The molecule has 2 saturated heterocycles. The number of imide groups is 1. The van der Waals surface area contributed by atoms with E-state index in [1.807, 2.05) is 11.8 Å². The average Bonchev–Trinajstić information content (AvgIpc) is 3.43. The van der Waals surface area contributed by atoms with Crippen molar-refractivity contribution < 1.29 is 14.4 Å². The Morgan fingerprint density at radius 3 is 2.75 bits per heavy atom. The molecular formula is C18H25N7O3. The van der Waals surface area contributed by atoms with Gasteiger partial charge in [0.15, 0.2) is 0 Å². The number of amides is 4. The van der Waals surface area contributed by atoms with Crippen LogP contribution in [0.25, 0.3) is 0 Å². The predicted octanol–water partition coefficient (Wildman–Crippen LogP) is 0.127. The van der Waals surface area contributed by atoms with Gasteiger partial charge in [0, 0.05) is 39.9 Å². The molecule has 0 N–H and O–H groups in total. The monoisotopic (exact) mass is 387 g/mol. The normalized spacial score (nSPS) is 27.5. The summed E-state index contributed by atoms with van der Waals surface area (Å²) in [5.41, 5.74) is 0.513. The van der Waals surface area contributed by atoms with Crippen molar-refractivity contribution >= 4 is 17.8 Å². The third kappa shape index (κ3) is 2.74. The Balaban J connectivity index is 1.58. The van der Waals surface area contributed by atoms with Gasteiger partial charge in [0.1, 0.15) is 11.9 Å². The van der Waals surface area contributed by atoms with E-state index in [0.29, 0.717) is 25.3 Å². The number of fused-ring (bicyclic) bond motifs is 1. The standard InChI is InChI=1S/C18H25N7O3/c1-4-7-24-14(10-13-15(24)21(2)18(28)22(3)16(13)26)17(27)23-8-5-12(11-23)25-9-6-19-20-25/h6,9-10,12-13,15H,4-5,7-8,11H2,1-3H3. The van der Waals surface area contributed by atoms with Crippen molar-refractivity contribution in [1.82, 2.24) is 34.6 Å². The summed E-state index contributed by atoms with van der Waals surface area (Å²) in [6.45, 7) is 3.80. The third-order valence-electron chi connectivity index (χ3n) is 5.84. The van der Waals surface area contributed by atoms with Crippen LogP contribution in [0, 0.1) is 5.92 Å². The molecule has 4 heterocycles. The van der Waals surface area contributed by atoms with Crippen molar-refractivity contribution in [2.45, 2.75) is 32.0 Å². The van der Waals surface area contributed by atoms with Gasteiger partial charge in [0.25, 0.3) is 5.91 Å². The highest BCUT2D eigenvalue weighted by Gasteiger charge is 2.51. The van der Waals surface area contributed by atoms with E-state index in [0.717, 1.165) is 17.7 Å². The molecule has 0 spiro atoms. The van der Waals surface area contributed by atoms with E-state index in [4.69, 9.17) is 0 Å². The molecule has 0 saturated carbocycles. The van der Waals surface area contributed by atoms with Crippen LogP contribution in [0.1, 0.15) is 25.8 Å². The van der Waals surface area contributed by atoms with Crippen LogP contribution in [-0.2, 0) is 9.59 Å². The zero-order valence-corrected chi connectivity index (χ0v) is 16.4. The first-order chi connectivity index (χ1) is 13.4. The smallest absolute Gasteiger partial charge is 0.327 e. The topological polar surface area (TPSA) is 94.9 Å². The van der Waals surface area contributed by atoms with E-state index in [1.165, 1.54) is 7.05 Å². The summed E-state index contributed by atoms with van der Waals surface area (Å²) >= 11 is 0. The van der Waals surface area contributed by atoms with Gasteiger partial charge >= 0.3 is 6.03 Å². The van der Waals surface area contributed by atoms with Crippen molar-refractivity contribution in [3.05, 3.63) is 24.2 Å². The quantitative estimate of drug-likeness (QED) is 0.729. The Hall–Kier alpha value is -2.91. The fourth-order valence-electron chi connectivity index (χ4n) is 4.41. The van der Waals surface area contributed by atoms with Crippen molar-refractivity contribution in [3.63, 3.8) is 0 Å². The van der Waals surface area contributed by atoms with Gasteiger partial charge in [0.05, 0.1) is 18.2 Å². The molecule has 0 radical (unpaired) electrons. The summed E-state index contributed by atoms with van der Waals surface area (Å²) in [7, 11) is 3.17. The second-order valence-corrected chi connectivity index (χ2v) is 7.55. The second-order valence-electron chi connectivity index (χ2n) is 7.55. The molecule has 2 fully saturated rings. The fourth-order valence-corrected chi connectivity index (χ4v) is 4.41. The maximum Gasteiger partial charge on any atom is 0.327 e. The lowest BCUT2D eigenvalue weighted by Gasteiger charge is -2.43. The summed E-state index contributed by atoms with van der Waals surface area (Å²) in [6.07, 6.45) is 6.36. The van der Waals surface area contributed by atoms with Gasteiger partial charge in [-0.05, 0) is 18.9 Å². The minimum atomic E-state index is -0.521. The van der Waals surface area contributed by atoms with Crippen LogP contribution in [0.3, 0.4) is 0 Å². The van der Waals surface area contributed by atoms with Crippen molar-refractivity contribution in [2.75, 3.05) is 33.7 Å². The van der Waals surface area contributed by atoms with Crippen LogP contribution in [0.4, 0.5) is 4.79 Å². The second kappa shape index (κ2) is 6.92. The summed E-state index contributed by atoms with van der Waals surface area (Å²) in [5, 5.41) is 7.88. The van der Waals surface area contributed by atoms with Gasteiger partial charge in [0.2, 0.25) is 5.91 Å². The van der Waals surface area contributed by atoms with Gasteiger partial charge in [-0.1, -0.05) is 12.1 Å². The molecule has 3 unspecified atom stereocenters. The Morgan fingerprint density at radius 1 is 1.29 bits per heavy atom. The van der Waals surface area contributed by atoms with Crippen LogP contribution in [0.15, 0.2) is 24.2 Å². The van der Waals surface area contributed by atoms with Gasteiger partial charge in [-0.25, -0.2) is 9.48 Å². The SMILES string of the molecule is CCCN1C(C(=O)N2CCC(n3ccnn3)C2)=CC2C(=O)N(C)C(=O)N(C)C21. The average molecular weight is 387 g/mol. The van der Waals surface area contributed by atoms with Gasteiger partial charge < -0.3 is 14.7 Å². The first-order valence-electron chi connectivity index (χ1n) is 9.62. The largest absolute Gasteiger partial charge is 0.346 e. The molecule has 4 amide bonds. The molecule has 0 aliphatic carbocycles. The Morgan fingerprint density at radius 2 is 2.07 bits per heavy atom. The molecule has 10 nitrogen and oxygen atoms in total. The molecule has 150 valence electrons. The molecule has 0 bridgehead atoms. The number of likely N-dealkylation sites (tertiary alicyclic amines) is 1. The van der Waals surface area contributed by atoms with E-state index >= 15 is 0 Å². The Kier molecular flexibility index (Phi) is 4.56. The molecule has 4 rings (SSSR count). The maximum atomic E-state index is 13.3. The number of urea groups is 1. The van der Waals surface area contributed by atoms with E-state index in [1.54, 1.807) is 40.0 Å². The minimum Gasteiger partial charge on any atom is -0.346 e. The third-order valence-corrected chi connectivity index (χ3v) is 5.84. The van der Waals surface area contributed by atoms with Crippen LogP contribution in [0.2, 0.25) is 0 Å². The van der Waals surface area contributed by atoms with E-state index in [-0.39, 0.29) is 23.9 Å².